The Balaban J connectivity index is 2.34. The molecular formula is C15H17N3S+2. The summed E-state index contributed by atoms with van der Waals surface area (Å²) in [5, 5.41) is 4.40. The van der Waals surface area contributed by atoms with Gasteiger partial charge in [-0.05, 0) is 12.1 Å². The van der Waals surface area contributed by atoms with Crippen LogP contribution in [0.4, 0.5) is 5.69 Å². The van der Waals surface area contributed by atoms with Gasteiger partial charge in [0.25, 0.3) is 0 Å². The van der Waals surface area contributed by atoms with Crippen LogP contribution in [0.15, 0.2) is 36.4 Å². The lowest BCUT2D eigenvalue weighted by Crippen LogP contribution is -2.22. The average Bonchev–Trinajstić information content (AvgIpc) is 2.43. The van der Waals surface area contributed by atoms with Gasteiger partial charge < -0.3 is 5.32 Å². The minimum Gasteiger partial charge on any atom is -0.388 e. The molecule has 3 nitrogen and oxygen atoms in total. The minimum absolute atomic E-state index is 1.14. The Labute approximate surface area is 116 Å². The van der Waals surface area contributed by atoms with Gasteiger partial charge >= 0.3 is 0 Å². The first kappa shape index (κ1) is 12.1. The van der Waals surface area contributed by atoms with E-state index in [1.54, 1.807) is 0 Å². The van der Waals surface area contributed by atoms with Gasteiger partial charge in [0.1, 0.15) is 23.7 Å². The number of nitrogens with zero attached hydrogens (tertiary/aromatic N) is 1. The quantitative estimate of drug-likeness (QED) is 0.531. The molecule has 2 aliphatic rings. The fraction of sp³-hybridized carbons (Fsp3) is 0.200. The molecule has 0 fully saturated rings. The Bertz CT molecular complexity index is 785. The van der Waals surface area contributed by atoms with Gasteiger partial charge in [-0.1, -0.05) is 0 Å². The summed E-state index contributed by atoms with van der Waals surface area (Å²) in [4.78, 5) is 4.76. The number of aromatic nitrogens is 1. The molecule has 0 bridgehead atoms. The summed E-state index contributed by atoms with van der Waals surface area (Å²) in [5.41, 5.74) is 3.50. The molecule has 96 valence electrons. The number of hydrogen-bond acceptors (Lipinski definition) is 2. The molecule has 2 N–H and O–H groups in total. The third-order valence-corrected chi connectivity index (χ3v) is 4.36. The second-order valence-electron chi connectivity index (χ2n) is 4.76. The van der Waals surface area contributed by atoms with Crippen LogP contribution in [0.2, 0.25) is 0 Å². The van der Waals surface area contributed by atoms with Gasteiger partial charge in [-0.25, -0.2) is 9.56 Å². The molecule has 3 rings (SSSR count). The Morgan fingerprint density at radius 1 is 1.11 bits per heavy atom. The maximum Gasteiger partial charge on any atom is 0.221 e. The monoisotopic (exact) mass is 271 g/mol. The molecule has 1 aromatic carbocycles. The highest BCUT2D eigenvalue weighted by atomic mass is 32.1. The van der Waals surface area contributed by atoms with E-state index in [4.69, 9.17) is 0 Å². The Morgan fingerprint density at radius 3 is 2.68 bits per heavy atom. The van der Waals surface area contributed by atoms with Crippen LogP contribution >= 0.6 is 11.3 Å². The van der Waals surface area contributed by atoms with Crippen molar-refractivity contribution in [3.8, 4) is 10.6 Å². The largest absolute Gasteiger partial charge is 0.388 e. The van der Waals surface area contributed by atoms with Crippen LogP contribution in [0, 0.1) is 0 Å². The lowest BCUT2D eigenvalue weighted by Gasteiger charge is -2.02. The SMILES string of the molecule is CNc1ccc2[nH+]c3ccc(=[N+](C)C)cc-3sc2c1. The summed E-state index contributed by atoms with van der Waals surface area (Å²) in [5.74, 6) is 0. The second kappa shape index (κ2) is 4.63. The third kappa shape index (κ3) is 2.19. The molecule has 1 aliphatic carbocycles. The maximum absolute atomic E-state index is 3.49. The molecule has 0 radical (unpaired) electrons. The summed E-state index contributed by atoms with van der Waals surface area (Å²) in [6.45, 7) is 0. The van der Waals surface area contributed by atoms with E-state index in [2.05, 4.69) is 65.4 Å². The molecule has 0 unspecified atom stereocenters. The summed E-state index contributed by atoms with van der Waals surface area (Å²) >= 11 is 1.81. The van der Waals surface area contributed by atoms with Gasteiger partial charge in [-0.15, -0.1) is 11.3 Å². The van der Waals surface area contributed by atoms with Crippen LogP contribution in [0.25, 0.3) is 20.8 Å². The van der Waals surface area contributed by atoms with Gasteiger partial charge in [0.15, 0.2) is 0 Å². The number of aromatic amines is 1. The lowest BCUT2D eigenvalue weighted by molar-refractivity contribution is -0.330. The van der Waals surface area contributed by atoms with Crippen LogP contribution < -0.4 is 20.2 Å². The lowest BCUT2D eigenvalue weighted by atomic mass is 10.2. The standard InChI is InChI=1S/C15H15N3S/c1-16-10-4-6-12-14(8-10)19-15-9-11(18(2)3)5-7-13(15)17-12/h4-9H,1-3H3/p+2. The average molecular weight is 271 g/mol. The zero-order valence-corrected chi connectivity index (χ0v) is 12.1. The molecule has 0 spiro atoms. The number of fused-ring (bicyclic) bond motifs is 2. The van der Waals surface area contributed by atoms with Crippen LogP contribution in [0.1, 0.15) is 0 Å². The van der Waals surface area contributed by atoms with Crippen LogP contribution in [-0.2, 0) is 0 Å². The predicted molar refractivity (Wildman–Crippen MR) is 81.7 cm³/mol. The van der Waals surface area contributed by atoms with Crippen LogP contribution in [0.5, 0.6) is 0 Å². The smallest absolute Gasteiger partial charge is 0.221 e. The molecule has 1 aromatic rings. The molecule has 0 amide bonds. The molecule has 4 heteroatoms. The first-order valence-corrected chi connectivity index (χ1v) is 7.07. The fourth-order valence-electron chi connectivity index (χ4n) is 2.11. The van der Waals surface area contributed by atoms with Crippen molar-refractivity contribution in [1.82, 2.24) is 4.58 Å². The number of rotatable bonds is 1. The summed E-state index contributed by atoms with van der Waals surface area (Å²) in [7, 11) is 6.08. The molecular weight excluding hydrogens is 254 g/mol. The van der Waals surface area contributed by atoms with E-state index in [1.165, 1.54) is 26.1 Å². The first-order chi connectivity index (χ1) is 9.17. The summed E-state index contributed by atoms with van der Waals surface area (Å²) < 4.78 is 3.38. The van der Waals surface area contributed by atoms with Crippen LogP contribution in [-0.4, -0.2) is 21.1 Å². The van der Waals surface area contributed by atoms with E-state index < -0.39 is 0 Å². The van der Waals surface area contributed by atoms with E-state index in [1.807, 2.05) is 18.4 Å². The molecule has 1 aliphatic heterocycles. The van der Waals surface area contributed by atoms with Crippen LogP contribution in [0.3, 0.4) is 0 Å². The summed E-state index contributed by atoms with van der Waals surface area (Å²) in [6.07, 6.45) is 0. The normalized spacial score (nSPS) is 10.9. The van der Waals surface area contributed by atoms with Gasteiger partial charge in [0, 0.05) is 37.0 Å². The maximum atomic E-state index is 3.49. The number of benzene rings is 2. The fourth-order valence-corrected chi connectivity index (χ4v) is 3.17. The van der Waals surface area contributed by atoms with E-state index >= 15 is 0 Å². The van der Waals surface area contributed by atoms with Crippen molar-refractivity contribution in [3.63, 3.8) is 0 Å². The van der Waals surface area contributed by atoms with E-state index in [0.29, 0.717) is 0 Å². The van der Waals surface area contributed by atoms with Gasteiger partial charge in [-0.2, -0.15) is 0 Å². The Kier molecular flexibility index (Phi) is 2.95. The highest BCUT2D eigenvalue weighted by molar-refractivity contribution is 7.21. The van der Waals surface area contributed by atoms with Crippen molar-refractivity contribution in [2.24, 2.45) is 0 Å². The third-order valence-electron chi connectivity index (χ3n) is 3.24. The van der Waals surface area contributed by atoms with Crippen molar-refractivity contribution in [3.05, 3.63) is 41.8 Å². The van der Waals surface area contributed by atoms with Crippen molar-refractivity contribution in [1.29, 1.82) is 0 Å². The molecule has 0 saturated heterocycles. The first-order valence-electron chi connectivity index (χ1n) is 6.25. The number of H-pyrrole nitrogens is 1. The van der Waals surface area contributed by atoms with Crippen molar-refractivity contribution < 1.29 is 4.98 Å². The number of hydrogen-bond donors (Lipinski definition) is 1. The molecule has 0 aromatic heterocycles. The highest BCUT2D eigenvalue weighted by Gasteiger charge is 2.14. The van der Waals surface area contributed by atoms with E-state index in [9.17, 15) is 0 Å². The Morgan fingerprint density at radius 2 is 1.95 bits per heavy atom. The molecule has 0 saturated carbocycles. The second-order valence-corrected chi connectivity index (χ2v) is 5.85. The van der Waals surface area contributed by atoms with Gasteiger partial charge in [-0.3, -0.25) is 0 Å². The van der Waals surface area contributed by atoms with Crippen molar-refractivity contribution in [2.75, 3.05) is 26.5 Å². The van der Waals surface area contributed by atoms with Gasteiger partial charge in [0.2, 0.25) is 16.6 Å². The topological polar surface area (TPSA) is 29.2 Å². The molecule has 0 atom stereocenters. The van der Waals surface area contributed by atoms with Crippen molar-refractivity contribution in [2.45, 2.75) is 0 Å². The van der Waals surface area contributed by atoms with Gasteiger partial charge in [0.05, 0.1) is 0 Å². The predicted octanol–water partition coefficient (Wildman–Crippen LogP) is 1.89. The Hall–Kier alpha value is -1.94. The zero-order valence-electron chi connectivity index (χ0n) is 11.3. The summed E-state index contributed by atoms with van der Waals surface area (Å²) in [6, 6.07) is 12.9. The minimum atomic E-state index is 1.14. The zero-order chi connectivity index (χ0) is 13.4. The number of anilines is 1. The van der Waals surface area contributed by atoms with E-state index in [-0.39, 0.29) is 0 Å². The van der Waals surface area contributed by atoms with Crippen molar-refractivity contribution >= 4 is 27.2 Å². The van der Waals surface area contributed by atoms with E-state index in [0.717, 1.165) is 5.69 Å². The highest BCUT2D eigenvalue weighted by Crippen LogP contribution is 2.28. The molecule has 19 heavy (non-hydrogen) atoms. The molecule has 1 heterocycles. The number of nitrogens with one attached hydrogen (secondary N) is 2.